The highest BCUT2D eigenvalue weighted by Gasteiger charge is 2.27. The van der Waals surface area contributed by atoms with Crippen LogP contribution in [0.5, 0.6) is 0 Å². The number of aliphatic imine (C=N–C) groups is 1. The first kappa shape index (κ1) is 25.3. The second kappa shape index (κ2) is 12.8. The van der Waals surface area contributed by atoms with Gasteiger partial charge >= 0.3 is 0 Å². The summed E-state index contributed by atoms with van der Waals surface area (Å²) >= 11 is 0. The Labute approximate surface area is 210 Å². The fourth-order valence-electron chi connectivity index (χ4n) is 5.40. The van der Waals surface area contributed by atoms with Crippen LogP contribution in [0.25, 0.3) is 0 Å². The Morgan fingerprint density at radius 3 is 2.47 bits per heavy atom. The fraction of sp³-hybridized carbons (Fsp3) is 0.680. The molecule has 1 aromatic rings. The molecule has 0 aromatic heterocycles. The van der Waals surface area contributed by atoms with E-state index in [1.165, 1.54) is 62.6 Å². The van der Waals surface area contributed by atoms with E-state index in [4.69, 9.17) is 0 Å². The van der Waals surface area contributed by atoms with E-state index in [0.717, 1.165) is 44.6 Å². The lowest BCUT2D eigenvalue weighted by Crippen LogP contribution is -2.53. The molecule has 32 heavy (non-hydrogen) atoms. The lowest BCUT2D eigenvalue weighted by Gasteiger charge is -2.40. The Bertz CT molecular complexity index is 739. The molecule has 178 valence electrons. The number of nitrogens with one attached hydrogen (secondary N) is 2. The Balaban J connectivity index is 0.00000289. The third kappa shape index (κ3) is 6.83. The van der Waals surface area contributed by atoms with Gasteiger partial charge in [0.15, 0.2) is 5.96 Å². The van der Waals surface area contributed by atoms with E-state index >= 15 is 0 Å². The van der Waals surface area contributed by atoms with Crippen LogP contribution in [0.4, 0.5) is 0 Å². The van der Waals surface area contributed by atoms with Gasteiger partial charge in [0, 0.05) is 51.7 Å². The number of guanidine groups is 1. The van der Waals surface area contributed by atoms with Gasteiger partial charge in [0.05, 0.1) is 0 Å². The Hall–Kier alpha value is -1.35. The fourth-order valence-corrected chi connectivity index (χ4v) is 5.40. The molecular weight excluding hydrogens is 513 g/mol. The van der Waals surface area contributed by atoms with Crippen molar-refractivity contribution in [1.82, 2.24) is 20.4 Å². The number of piperidine rings is 1. The maximum Gasteiger partial charge on any atom is 0.223 e. The highest BCUT2D eigenvalue weighted by molar-refractivity contribution is 14.0. The number of likely N-dealkylation sites (tertiary alicyclic amines) is 1. The first-order chi connectivity index (χ1) is 15.2. The Kier molecular flexibility index (Phi) is 10.1. The number of amides is 1. The van der Waals surface area contributed by atoms with Gasteiger partial charge in [0.1, 0.15) is 0 Å². The first-order valence-electron chi connectivity index (χ1n) is 12.3. The van der Waals surface area contributed by atoms with Gasteiger partial charge in [-0.25, -0.2) is 0 Å². The lowest BCUT2D eigenvalue weighted by atomic mass is 9.92. The summed E-state index contributed by atoms with van der Waals surface area (Å²) in [6.07, 6.45) is 10.8. The normalized spacial score (nSPS) is 22.2. The number of rotatable bonds is 6. The smallest absolute Gasteiger partial charge is 0.223 e. The molecule has 4 rings (SSSR count). The van der Waals surface area contributed by atoms with Crippen LogP contribution in [0.15, 0.2) is 29.3 Å². The van der Waals surface area contributed by atoms with E-state index in [2.05, 4.69) is 44.8 Å². The first-order valence-corrected chi connectivity index (χ1v) is 12.3. The molecule has 1 saturated heterocycles. The van der Waals surface area contributed by atoms with Gasteiger partial charge in [-0.1, -0.05) is 43.5 Å². The average molecular weight is 554 g/mol. The van der Waals surface area contributed by atoms with Crippen molar-refractivity contribution < 1.29 is 4.79 Å². The van der Waals surface area contributed by atoms with E-state index in [-0.39, 0.29) is 29.9 Å². The molecule has 1 amide bonds. The SMILES string of the molecule is CN=C(NCCCC(=O)N1Cc2ccccc2C1)NC1CCCN(C2CCCCC2)C1.I. The zero-order chi connectivity index (χ0) is 21.5. The quantitative estimate of drug-likeness (QED) is 0.243. The van der Waals surface area contributed by atoms with Gasteiger partial charge < -0.3 is 15.5 Å². The molecule has 1 unspecified atom stereocenters. The Morgan fingerprint density at radius 2 is 1.78 bits per heavy atom. The van der Waals surface area contributed by atoms with E-state index < -0.39 is 0 Å². The highest BCUT2D eigenvalue weighted by Crippen LogP contribution is 2.25. The largest absolute Gasteiger partial charge is 0.356 e. The maximum absolute atomic E-state index is 12.6. The van der Waals surface area contributed by atoms with Crippen molar-refractivity contribution in [3.63, 3.8) is 0 Å². The third-order valence-corrected chi connectivity index (χ3v) is 7.16. The van der Waals surface area contributed by atoms with E-state index in [0.29, 0.717) is 12.5 Å². The molecule has 0 bridgehead atoms. The van der Waals surface area contributed by atoms with Crippen LogP contribution in [-0.2, 0) is 17.9 Å². The molecule has 1 atom stereocenters. The second-order valence-corrected chi connectivity index (χ2v) is 9.39. The third-order valence-electron chi connectivity index (χ3n) is 7.16. The summed E-state index contributed by atoms with van der Waals surface area (Å²) in [6, 6.07) is 9.61. The van der Waals surface area contributed by atoms with Crippen LogP contribution in [-0.4, -0.2) is 60.4 Å². The number of fused-ring (bicyclic) bond motifs is 1. The summed E-state index contributed by atoms with van der Waals surface area (Å²) in [7, 11) is 1.84. The molecule has 1 aliphatic carbocycles. The number of carbonyl (C=O) groups excluding carboxylic acids is 1. The lowest BCUT2D eigenvalue weighted by molar-refractivity contribution is -0.131. The zero-order valence-corrected chi connectivity index (χ0v) is 21.9. The van der Waals surface area contributed by atoms with Crippen molar-refractivity contribution in [2.45, 2.75) is 83.0 Å². The molecule has 0 radical (unpaired) electrons. The minimum Gasteiger partial charge on any atom is -0.356 e. The number of hydrogen-bond acceptors (Lipinski definition) is 3. The molecule has 2 N–H and O–H groups in total. The summed E-state index contributed by atoms with van der Waals surface area (Å²) in [4.78, 5) is 21.7. The molecule has 2 heterocycles. The summed E-state index contributed by atoms with van der Waals surface area (Å²) < 4.78 is 0. The van der Waals surface area contributed by atoms with Crippen LogP contribution in [0.1, 0.15) is 68.9 Å². The average Bonchev–Trinajstić information content (AvgIpc) is 3.26. The minimum atomic E-state index is 0. The predicted octanol–water partition coefficient (Wildman–Crippen LogP) is 3.89. The maximum atomic E-state index is 12.6. The van der Waals surface area contributed by atoms with E-state index in [1.807, 2.05) is 11.9 Å². The molecule has 3 aliphatic rings. The molecule has 6 nitrogen and oxygen atoms in total. The van der Waals surface area contributed by atoms with Crippen LogP contribution >= 0.6 is 24.0 Å². The summed E-state index contributed by atoms with van der Waals surface area (Å²) in [5, 5.41) is 7.06. The van der Waals surface area contributed by atoms with Crippen LogP contribution in [0.2, 0.25) is 0 Å². The Morgan fingerprint density at radius 1 is 1.06 bits per heavy atom. The number of benzene rings is 1. The minimum absolute atomic E-state index is 0. The van der Waals surface area contributed by atoms with Gasteiger partial charge in [-0.15, -0.1) is 24.0 Å². The topological polar surface area (TPSA) is 60.0 Å². The predicted molar refractivity (Wildman–Crippen MR) is 141 cm³/mol. The van der Waals surface area contributed by atoms with Gasteiger partial charge in [-0.3, -0.25) is 14.7 Å². The number of carbonyl (C=O) groups is 1. The van der Waals surface area contributed by atoms with Crippen LogP contribution in [0.3, 0.4) is 0 Å². The monoisotopic (exact) mass is 553 g/mol. The van der Waals surface area contributed by atoms with Crippen LogP contribution in [0, 0.1) is 0 Å². The second-order valence-electron chi connectivity index (χ2n) is 9.39. The van der Waals surface area contributed by atoms with Crippen molar-refractivity contribution in [2.75, 3.05) is 26.7 Å². The van der Waals surface area contributed by atoms with E-state index in [1.54, 1.807) is 0 Å². The summed E-state index contributed by atoms with van der Waals surface area (Å²) in [5.74, 6) is 1.12. The van der Waals surface area contributed by atoms with Gasteiger partial charge in [0.2, 0.25) is 5.91 Å². The van der Waals surface area contributed by atoms with Crippen LogP contribution < -0.4 is 10.6 Å². The summed E-state index contributed by atoms with van der Waals surface area (Å²) in [6.45, 7) is 4.65. The van der Waals surface area contributed by atoms with Gasteiger partial charge in [0.25, 0.3) is 0 Å². The molecule has 7 heteroatoms. The molecular formula is C25H40IN5O. The van der Waals surface area contributed by atoms with Crippen molar-refractivity contribution in [3.05, 3.63) is 35.4 Å². The number of nitrogens with zero attached hydrogens (tertiary/aromatic N) is 3. The van der Waals surface area contributed by atoms with E-state index in [9.17, 15) is 4.79 Å². The molecule has 2 aliphatic heterocycles. The number of halogens is 1. The molecule has 1 aromatic carbocycles. The zero-order valence-electron chi connectivity index (χ0n) is 19.5. The van der Waals surface area contributed by atoms with Gasteiger partial charge in [-0.2, -0.15) is 0 Å². The van der Waals surface area contributed by atoms with Crippen molar-refractivity contribution >= 4 is 35.8 Å². The van der Waals surface area contributed by atoms with Gasteiger partial charge in [-0.05, 0) is 49.8 Å². The van der Waals surface area contributed by atoms with Crippen molar-refractivity contribution in [3.8, 4) is 0 Å². The molecule has 0 spiro atoms. The summed E-state index contributed by atoms with van der Waals surface area (Å²) in [5.41, 5.74) is 2.57. The molecule has 2 fully saturated rings. The van der Waals surface area contributed by atoms with Crippen molar-refractivity contribution in [2.24, 2.45) is 4.99 Å². The molecule has 1 saturated carbocycles. The number of hydrogen-bond donors (Lipinski definition) is 2. The van der Waals surface area contributed by atoms with Crippen molar-refractivity contribution in [1.29, 1.82) is 0 Å². The highest BCUT2D eigenvalue weighted by atomic mass is 127. The standard InChI is InChI=1S/C25H39N5O.HI/c1-26-25(28-22-11-8-16-29(19-22)23-12-3-2-4-13-23)27-15-7-14-24(31)30-17-20-9-5-6-10-21(20)18-30;/h5-6,9-10,22-23H,2-4,7-8,11-19H2,1H3,(H2,26,27,28);1H.